The predicted molar refractivity (Wildman–Crippen MR) is 69.8 cm³/mol. The van der Waals surface area contributed by atoms with Gasteiger partial charge in [0, 0.05) is 5.02 Å². The molecule has 0 fully saturated rings. The molecule has 0 aromatic heterocycles. The number of rotatable bonds is 5. The fourth-order valence-electron chi connectivity index (χ4n) is 1.23. The van der Waals surface area contributed by atoms with E-state index < -0.39 is 12.1 Å². The number of carbonyl (C=O) groups is 2. The van der Waals surface area contributed by atoms with Crippen molar-refractivity contribution in [3.63, 3.8) is 0 Å². The second-order valence-corrected chi connectivity index (χ2v) is 4.49. The van der Waals surface area contributed by atoms with Crippen LogP contribution in [0.1, 0.15) is 20.8 Å². The Bertz CT molecular complexity index is 448. The fraction of sp³-hybridized carbons (Fsp3) is 0.385. The molecule has 1 N–H and O–H groups in total. The first-order valence-electron chi connectivity index (χ1n) is 5.63. The van der Waals surface area contributed by atoms with Crippen LogP contribution in [0.3, 0.4) is 0 Å². The molecule has 0 aliphatic heterocycles. The van der Waals surface area contributed by atoms with Crippen molar-refractivity contribution in [1.29, 1.82) is 0 Å². The van der Waals surface area contributed by atoms with Crippen LogP contribution in [0.5, 0.6) is 5.75 Å². The summed E-state index contributed by atoms with van der Waals surface area (Å²) in [6.07, 6.45) is -0.690. The number of nitrogens with one attached hydrogen (secondary N) is 1. The van der Waals surface area contributed by atoms with Crippen LogP contribution in [-0.2, 0) is 9.59 Å². The van der Waals surface area contributed by atoms with Crippen LogP contribution >= 0.6 is 11.6 Å². The lowest BCUT2D eigenvalue weighted by molar-refractivity contribution is -0.130. The van der Waals surface area contributed by atoms with E-state index in [0.717, 1.165) is 0 Å². The molecule has 18 heavy (non-hydrogen) atoms. The summed E-state index contributed by atoms with van der Waals surface area (Å²) >= 11 is 5.81. The SMILES string of the molecule is CC(=O)C(C)NC(=O)C(C)Oc1cccc(Cl)c1. The minimum absolute atomic E-state index is 0.0988. The van der Waals surface area contributed by atoms with E-state index in [0.29, 0.717) is 10.8 Å². The maximum absolute atomic E-state index is 11.7. The number of ether oxygens (including phenoxy) is 1. The van der Waals surface area contributed by atoms with Gasteiger partial charge in [-0.05, 0) is 39.0 Å². The quantitative estimate of drug-likeness (QED) is 0.892. The maximum atomic E-state index is 11.7. The lowest BCUT2D eigenvalue weighted by Crippen LogP contribution is -2.44. The number of amides is 1. The predicted octanol–water partition coefficient (Wildman–Crippen LogP) is 2.20. The Hall–Kier alpha value is -1.55. The number of benzene rings is 1. The van der Waals surface area contributed by atoms with Gasteiger partial charge in [-0.3, -0.25) is 9.59 Å². The van der Waals surface area contributed by atoms with E-state index in [1.54, 1.807) is 38.1 Å². The van der Waals surface area contributed by atoms with Crippen LogP contribution < -0.4 is 10.1 Å². The Labute approximate surface area is 111 Å². The lowest BCUT2D eigenvalue weighted by atomic mass is 10.2. The van der Waals surface area contributed by atoms with Crippen molar-refractivity contribution in [2.45, 2.75) is 32.9 Å². The fourth-order valence-corrected chi connectivity index (χ4v) is 1.41. The number of Topliss-reactive ketones (excluding diaryl/α,β-unsaturated/α-hetero) is 1. The molecular formula is C13H16ClNO3. The second-order valence-electron chi connectivity index (χ2n) is 4.06. The third-order valence-corrected chi connectivity index (χ3v) is 2.68. The van der Waals surface area contributed by atoms with E-state index >= 15 is 0 Å². The van der Waals surface area contributed by atoms with E-state index in [4.69, 9.17) is 16.3 Å². The molecule has 5 heteroatoms. The third kappa shape index (κ3) is 4.37. The van der Waals surface area contributed by atoms with Gasteiger partial charge in [0.15, 0.2) is 11.9 Å². The summed E-state index contributed by atoms with van der Waals surface area (Å²) < 4.78 is 5.43. The molecule has 0 bridgehead atoms. The smallest absolute Gasteiger partial charge is 0.261 e. The Kier molecular flexibility index (Phi) is 5.16. The van der Waals surface area contributed by atoms with Gasteiger partial charge in [-0.15, -0.1) is 0 Å². The molecule has 1 aromatic carbocycles. The number of hydrogen-bond acceptors (Lipinski definition) is 3. The first-order chi connectivity index (χ1) is 8.40. The largest absolute Gasteiger partial charge is 0.481 e. The highest BCUT2D eigenvalue weighted by Gasteiger charge is 2.18. The van der Waals surface area contributed by atoms with Gasteiger partial charge in [0.25, 0.3) is 5.91 Å². The molecule has 0 saturated heterocycles. The van der Waals surface area contributed by atoms with Gasteiger partial charge in [0.1, 0.15) is 5.75 Å². The Morgan fingerprint density at radius 2 is 2.00 bits per heavy atom. The number of ketones is 1. The van der Waals surface area contributed by atoms with Crippen molar-refractivity contribution < 1.29 is 14.3 Å². The molecule has 2 unspecified atom stereocenters. The Morgan fingerprint density at radius 1 is 1.33 bits per heavy atom. The van der Waals surface area contributed by atoms with Gasteiger partial charge >= 0.3 is 0 Å². The van der Waals surface area contributed by atoms with E-state index in [-0.39, 0.29) is 11.7 Å². The topological polar surface area (TPSA) is 55.4 Å². The second kappa shape index (κ2) is 6.40. The van der Waals surface area contributed by atoms with Gasteiger partial charge in [0.2, 0.25) is 0 Å². The zero-order valence-corrected chi connectivity index (χ0v) is 11.3. The summed E-state index contributed by atoms with van der Waals surface area (Å²) in [6, 6.07) is 6.28. The molecule has 0 aliphatic carbocycles. The van der Waals surface area contributed by atoms with Crippen molar-refractivity contribution in [2.24, 2.45) is 0 Å². The van der Waals surface area contributed by atoms with Gasteiger partial charge < -0.3 is 10.1 Å². The Balaban J connectivity index is 2.57. The first kappa shape index (κ1) is 14.5. The maximum Gasteiger partial charge on any atom is 0.261 e. The molecule has 1 aromatic rings. The highest BCUT2D eigenvalue weighted by atomic mass is 35.5. The summed E-state index contributed by atoms with van der Waals surface area (Å²) in [5, 5.41) is 3.11. The minimum Gasteiger partial charge on any atom is -0.481 e. The van der Waals surface area contributed by atoms with Crippen LogP contribution in [0.2, 0.25) is 5.02 Å². The van der Waals surface area contributed by atoms with Crippen LogP contribution in [0.15, 0.2) is 24.3 Å². The van der Waals surface area contributed by atoms with E-state index in [9.17, 15) is 9.59 Å². The average molecular weight is 270 g/mol. The van der Waals surface area contributed by atoms with Crippen LogP contribution in [0.25, 0.3) is 0 Å². The van der Waals surface area contributed by atoms with Gasteiger partial charge in [-0.2, -0.15) is 0 Å². The first-order valence-corrected chi connectivity index (χ1v) is 6.01. The van der Waals surface area contributed by atoms with Crippen LogP contribution in [0, 0.1) is 0 Å². The monoisotopic (exact) mass is 269 g/mol. The molecule has 4 nitrogen and oxygen atoms in total. The number of carbonyl (C=O) groups excluding carboxylic acids is 2. The van der Waals surface area contributed by atoms with Crippen molar-refractivity contribution in [3.8, 4) is 5.75 Å². The molecule has 0 saturated carbocycles. The summed E-state index contributed by atoms with van der Waals surface area (Å²) in [4.78, 5) is 22.8. The van der Waals surface area contributed by atoms with E-state index in [1.165, 1.54) is 6.92 Å². The number of halogens is 1. The standard InChI is InChI=1S/C13H16ClNO3/c1-8(9(2)16)15-13(17)10(3)18-12-6-4-5-11(14)7-12/h4-8,10H,1-3H3,(H,15,17). The zero-order chi connectivity index (χ0) is 13.7. The summed E-state index contributed by atoms with van der Waals surface area (Å²) in [5.41, 5.74) is 0. The van der Waals surface area contributed by atoms with E-state index in [1.807, 2.05) is 0 Å². The van der Waals surface area contributed by atoms with Crippen molar-refractivity contribution in [1.82, 2.24) is 5.32 Å². The molecule has 0 radical (unpaired) electrons. The summed E-state index contributed by atoms with van der Waals surface area (Å²) in [5.74, 6) is 0.0802. The van der Waals surface area contributed by atoms with Crippen molar-refractivity contribution in [3.05, 3.63) is 29.3 Å². The molecular weight excluding hydrogens is 254 g/mol. The summed E-state index contributed by atoms with van der Waals surface area (Å²) in [7, 11) is 0. The molecule has 98 valence electrons. The average Bonchev–Trinajstić information content (AvgIpc) is 2.28. The molecule has 2 atom stereocenters. The van der Waals surface area contributed by atoms with Crippen LogP contribution in [0.4, 0.5) is 0 Å². The molecule has 0 heterocycles. The minimum atomic E-state index is -0.690. The third-order valence-electron chi connectivity index (χ3n) is 2.45. The van der Waals surface area contributed by atoms with Crippen molar-refractivity contribution in [2.75, 3.05) is 0 Å². The normalized spacial score (nSPS) is 13.6. The molecule has 1 rings (SSSR count). The van der Waals surface area contributed by atoms with Gasteiger partial charge in [-0.1, -0.05) is 17.7 Å². The van der Waals surface area contributed by atoms with Crippen LogP contribution in [-0.4, -0.2) is 23.8 Å². The zero-order valence-electron chi connectivity index (χ0n) is 10.6. The highest BCUT2D eigenvalue weighted by Crippen LogP contribution is 2.18. The number of hydrogen-bond donors (Lipinski definition) is 1. The van der Waals surface area contributed by atoms with E-state index in [2.05, 4.69) is 5.32 Å². The molecule has 1 amide bonds. The highest BCUT2D eigenvalue weighted by molar-refractivity contribution is 6.30. The van der Waals surface area contributed by atoms with Gasteiger partial charge in [-0.25, -0.2) is 0 Å². The van der Waals surface area contributed by atoms with Crippen molar-refractivity contribution >= 4 is 23.3 Å². The van der Waals surface area contributed by atoms with Gasteiger partial charge in [0.05, 0.1) is 6.04 Å². The lowest BCUT2D eigenvalue weighted by Gasteiger charge is -2.17. The molecule has 0 spiro atoms. The summed E-state index contributed by atoms with van der Waals surface area (Å²) in [6.45, 7) is 4.67. The Morgan fingerprint density at radius 3 is 2.56 bits per heavy atom. The molecule has 0 aliphatic rings.